The van der Waals surface area contributed by atoms with Crippen LogP contribution in [0.25, 0.3) is 0 Å². The molecule has 3 aromatic rings. The number of nitrogens with one attached hydrogen (secondary N) is 3. The Balaban J connectivity index is 1.34. The van der Waals surface area contributed by atoms with Crippen LogP contribution < -0.4 is 16.0 Å². The normalized spacial score (nSPS) is 10.4. The van der Waals surface area contributed by atoms with Crippen molar-refractivity contribution >= 4 is 34.8 Å². The Labute approximate surface area is 172 Å². The summed E-state index contributed by atoms with van der Waals surface area (Å²) in [4.78, 5) is 15.9. The van der Waals surface area contributed by atoms with Gasteiger partial charge in [-0.05, 0) is 48.4 Å². The number of pyridine rings is 1. The molecule has 0 bridgehead atoms. The lowest BCUT2D eigenvalue weighted by Gasteiger charge is -2.08. The molecule has 2 aromatic heterocycles. The van der Waals surface area contributed by atoms with Crippen molar-refractivity contribution in [1.82, 2.24) is 20.5 Å². The largest absolute Gasteiger partial charge is 0.367 e. The van der Waals surface area contributed by atoms with Crippen LogP contribution in [-0.4, -0.2) is 34.2 Å². The van der Waals surface area contributed by atoms with E-state index in [0.29, 0.717) is 37.6 Å². The van der Waals surface area contributed by atoms with E-state index in [1.54, 1.807) is 30.6 Å². The standard InChI is InChI=1S/C20H20ClFN6O/c21-16-12-14(3-5-17(16)22)4-8-20(29)25-11-10-24-18-6-7-19(28-27-18)26-15-2-1-9-23-13-15/h1-3,5-7,9,12-13H,4,8,10-11H2,(H,24,27)(H,25,29)(H,26,28). The average molecular weight is 415 g/mol. The van der Waals surface area contributed by atoms with E-state index in [9.17, 15) is 9.18 Å². The average Bonchev–Trinajstić information content (AvgIpc) is 2.74. The maximum absolute atomic E-state index is 13.1. The predicted molar refractivity (Wildman–Crippen MR) is 111 cm³/mol. The van der Waals surface area contributed by atoms with Crippen molar-refractivity contribution in [2.24, 2.45) is 0 Å². The fraction of sp³-hybridized carbons (Fsp3) is 0.200. The molecule has 3 N–H and O–H groups in total. The molecule has 1 amide bonds. The van der Waals surface area contributed by atoms with Crippen molar-refractivity contribution < 1.29 is 9.18 Å². The van der Waals surface area contributed by atoms with Crippen molar-refractivity contribution in [3.8, 4) is 0 Å². The third-order valence-electron chi connectivity index (χ3n) is 3.98. The second kappa shape index (κ2) is 10.3. The molecule has 0 saturated heterocycles. The Hall–Kier alpha value is -3.26. The topological polar surface area (TPSA) is 91.8 Å². The molecule has 0 aliphatic rings. The van der Waals surface area contributed by atoms with Crippen LogP contribution >= 0.6 is 11.6 Å². The van der Waals surface area contributed by atoms with E-state index in [2.05, 4.69) is 31.1 Å². The molecule has 0 aliphatic heterocycles. The van der Waals surface area contributed by atoms with Gasteiger partial charge in [-0.1, -0.05) is 17.7 Å². The van der Waals surface area contributed by atoms with E-state index >= 15 is 0 Å². The minimum absolute atomic E-state index is 0.0647. The number of carbonyl (C=O) groups excluding carboxylic acids is 1. The molecule has 9 heteroatoms. The molecule has 0 unspecified atom stereocenters. The first-order valence-corrected chi connectivity index (χ1v) is 9.43. The summed E-state index contributed by atoms with van der Waals surface area (Å²) in [5.41, 5.74) is 1.65. The van der Waals surface area contributed by atoms with Crippen LogP contribution in [0.1, 0.15) is 12.0 Å². The number of halogens is 2. The summed E-state index contributed by atoms with van der Waals surface area (Å²) in [5.74, 6) is 0.666. The number of nitrogens with zero attached hydrogens (tertiary/aromatic N) is 3. The number of hydrogen-bond acceptors (Lipinski definition) is 6. The Kier molecular flexibility index (Phi) is 7.29. The summed E-state index contributed by atoms with van der Waals surface area (Å²) < 4.78 is 13.1. The Morgan fingerprint density at radius 3 is 2.62 bits per heavy atom. The summed E-state index contributed by atoms with van der Waals surface area (Å²) >= 11 is 5.74. The summed E-state index contributed by atoms with van der Waals surface area (Å²) in [5, 5.41) is 17.2. The zero-order valence-electron chi connectivity index (χ0n) is 15.5. The number of aryl methyl sites for hydroxylation is 1. The number of anilines is 3. The molecule has 0 saturated carbocycles. The molecule has 0 radical (unpaired) electrons. The monoisotopic (exact) mass is 414 g/mol. The Morgan fingerprint density at radius 1 is 1.07 bits per heavy atom. The molecule has 3 rings (SSSR count). The molecule has 0 fully saturated rings. The van der Waals surface area contributed by atoms with Crippen LogP contribution in [0.3, 0.4) is 0 Å². The van der Waals surface area contributed by atoms with Gasteiger partial charge in [-0.2, -0.15) is 0 Å². The molecule has 0 spiro atoms. The number of benzene rings is 1. The van der Waals surface area contributed by atoms with Crippen molar-refractivity contribution in [3.05, 3.63) is 71.3 Å². The summed E-state index contributed by atoms with van der Waals surface area (Å²) in [6.45, 7) is 0.957. The van der Waals surface area contributed by atoms with Gasteiger partial charge in [0.1, 0.15) is 11.6 Å². The molecule has 150 valence electrons. The Bertz CT molecular complexity index is 939. The van der Waals surface area contributed by atoms with Crippen LogP contribution in [-0.2, 0) is 11.2 Å². The first-order chi connectivity index (χ1) is 14.1. The molecule has 2 heterocycles. The lowest BCUT2D eigenvalue weighted by Crippen LogP contribution is -2.29. The van der Waals surface area contributed by atoms with Gasteiger partial charge in [0.15, 0.2) is 5.82 Å². The summed E-state index contributed by atoms with van der Waals surface area (Å²) in [7, 11) is 0. The lowest BCUT2D eigenvalue weighted by molar-refractivity contribution is -0.120. The third kappa shape index (κ3) is 6.69. The fourth-order valence-electron chi connectivity index (χ4n) is 2.51. The van der Waals surface area contributed by atoms with Crippen molar-refractivity contribution in [2.75, 3.05) is 23.7 Å². The van der Waals surface area contributed by atoms with Crippen LogP contribution in [0.4, 0.5) is 21.7 Å². The van der Waals surface area contributed by atoms with Gasteiger partial charge in [0.25, 0.3) is 0 Å². The maximum atomic E-state index is 13.1. The smallest absolute Gasteiger partial charge is 0.220 e. The second-order valence-corrected chi connectivity index (χ2v) is 6.60. The molecular weight excluding hydrogens is 395 g/mol. The molecule has 0 aliphatic carbocycles. The minimum atomic E-state index is -0.463. The van der Waals surface area contributed by atoms with Crippen LogP contribution in [0.5, 0.6) is 0 Å². The first-order valence-electron chi connectivity index (χ1n) is 9.05. The predicted octanol–water partition coefficient (Wildman–Crippen LogP) is 3.57. The third-order valence-corrected chi connectivity index (χ3v) is 4.27. The lowest BCUT2D eigenvalue weighted by atomic mass is 10.1. The Morgan fingerprint density at radius 2 is 1.90 bits per heavy atom. The molecule has 29 heavy (non-hydrogen) atoms. The molecule has 7 nitrogen and oxygen atoms in total. The summed E-state index contributed by atoms with van der Waals surface area (Å²) in [6, 6.07) is 11.8. The number of carbonyl (C=O) groups is 1. The highest BCUT2D eigenvalue weighted by Gasteiger charge is 2.05. The van der Waals surface area contributed by atoms with Crippen LogP contribution in [0, 0.1) is 5.82 Å². The highest BCUT2D eigenvalue weighted by molar-refractivity contribution is 6.30. The quantitative estimate of drug-likeness (QED) is 0.464. The van der Waals surface area contributed by atoms with Gasteiger partial charge in [-0.15, -0.1) is 10.2 Å². The van der Waals surface area contributed by atoms with E-state index in [-0.39, 0.29) is 10.9 Å². The van der Waals surface area contributed by atoms with Crippen molar-refractivity contribution in [1.29, 1.82) is 0 Å². The first kappa shape index (κ1) is 20.5. The fourth-order valence-corrected chi connectivity index (χ4v) is 2.71. The van der Waals surface area contributed by atoms with Gasteiger partial charge in [0.2, 0.25) is 5.91 Å². The second-order valence-electron chi connectivity index (χ2n) is 6.20. The van der Waals surface area contributed by atoms with E-state index in [0.717, 1.165) is 11.3 Å². The van der Waals surface area contributed by atoms with Crippen LogP contribution in [0.2, 0.25) is 5.02 Å². The van der Waals surface area contributed by atoms with Gasteiger partial charge in [-0.3, -0.25) is 9.78 Å². The highest BCUT2D eigenvalue weighted by Crippen LogP contribution is 2.17. The zero-order chi connectivity index (χ0) is 20.5. The van der Waals surface area contributed by atoms with E-state index < -0.39 is 5.82 Å². The van der Waals surface area contributed by atoms with Crippen molar-refractivity contribution in [3.63, 3.8) is 0 Å². The molecule has 1 aromatic carbocycles. The SMILES string of the molecule is O=C(CCc1ccc(F)c(Cl)c1)NCCNc1ccc(Nc2cccnc2)nn1. The van der Waals surface area contributed by atoms with E-state index in [4.69, 9.17) is 11.6 Å². The van der Waals surface area contributed by atoms with Gasteiger partial charge < -0.3 is 16.0 Å². The minimum Gasteiger partial charge on any atom is -0.367 e. The van der Waals surface area contributed by atoms with Crippen LogP contribution in [0.15, 0.2) is 54.9 Å². The van der Waals surface area contributed by atoms with Gasteiger partial charge >= 0.3 is 0 Å². The molecular formula is C20H20ClFN6O. The molecule has 0 atom stereocenters. The van der Waals surface area contributed by atoms with Gasteiger partial charge in [0.05, 0.1) is 16.9 Å². The van der Waals surface area contributed by atoms with Gasteiger partial charge in [-0.25, -0.2) is 4.39 Å². The number of amides is 1. The number of rotatable bonds is 9. The zero-order valence-corrected chi connectivity index (χ0v) is 16.3. The number of hydrogen-bond donors (Lipinski definition) is 3. The maximum Gasteiger partial charge on any atom is 0.220 e. The van der Waals surface area contributed by atoms with Gasteiger partial charge in [0, 0.05) is 25.7 Å². The van der Waals surface area contributed by atoms with Crippen molar-refractivity contribution in [2.45, 2.75) is 12.8 Å². The highest BCUT2D eigenvalue weighted by atomic mass is 35.5. The van der Waals surface area contributed by atoms with E-state index in [1.165, 1.54) is 12.1 Å². The number of aromatic nitrogens is 3. The van der Waals surface area contributed by atoms with E-state index in [1.807, 2.05) is 12.1 Å². The summed E-state index contributed by atoms with van der Waals surface area (Å²) in [6.07, 6.45) is 4.19.